The fraction of sp³-hybridized carbons (Fsp3) is 0.478. The van der Waals surface area contributed by atoms with Crippen molar-refractivity contribution in [3.8, 4) is 0 Å². The van der Waals surface area contributed by atoms with Crippen LogP contribution in [0.2, 0.25) is 5.02 Å². The molecule has 1 saturated heterocycles. The Morgan fingerprint density at radius 2 is 2.06 bits per heavy atom. The molecule has 0 bridgehead atoms. The minimum atomic E-state index is -2.95. The van der Waals surface area contributed by atoms with Crippen LogP contribution in [0.4, 0.5) is 20.3 Å². The molecule has 1 aliphatic heterocycles. The van der Waals surface area contributed by atoms with Gasteiger partial charge in [-0.3, -0.25) is 4.79 Å². The monoisotopic (exact) mass is 505 g/mol. The van der Waals surface area contributed by atoms with Gasteiger partial charge in [0, 0.05) is 41.3 Å². The maximum Gasteiger partial charge on any atom is 0.345 e. The van der Waals surface area contributed by atoms with Gasteiger partial charge in [0.1, 0.15) is 11.8 Å². The van der Waals surface area contributed by atoms with Crippen molar-refractivity contribution in [2.75, 3.05) is 23.7 Å². The number of aromatic nitrogens is 4. The van der Waals surface area contributed by atoms with Crippen molar-refractivity contribution in [1.82, 2.24) is 19.5 Å². The first-order valence-corrected chi connectivity index (χ1v) is 11.8. The Bertz CT molecular complexity index is 1270. The Balaban J connectivity index is 1.51. The summed E-state index contributed by atoms with van der Waals surface area (Å²) in [6, 6.07) is 3.47. The first-order valence-electron chi connectivity index (χ1n) is 11.4. The summed E-state index contributed by atoms with van der Waals surface area (Å²) in [5.41, 5.74) is 14.3. The van der Waals surface area contributed by atoms with E-state index in [0.29, 0.717) is 59.2 Å². The lowest BCUT2D eigenvalue weighted by Gasteiger charge is -2.27. The van der Waals surface area contributed by atoms with Crippen LogP contribution >= 0.6 is 11.6 Å². The van der Waals surface area contributed by atoms with Gasteiger partial charge < -0.3 is 25.7 Å². The Kier molecular flexibility index (Phi) is 6.32. The number of carbonyl (C=O) groups excluding carboxylic acids is 1. The quantitative estimate of drug-likeness (QED) is 0.454. The van der Waals surface area contributed by atoms with Crippen LogP contribution in [0, 0.1) is 5.92 Å². The molecule has 0 spiro atoms. The molecule has 3 heterocycles. The van der Waals surface area contributed by atoms with Crippen LogP contribution in [-0.2, 0) is 22.7 Å². The molecule has 4 N–H and O–H groups in total. The number of nitrogens with two attached hydrogens (primary N) is 2. The van der Waals surface area contributed by atoms with Gasteiger partial charge in [-0.15, -0.1) is 0 Å². The lowest BCUT2D eigenvalue weighted by atomic mass is 9.91. The smallest absolute Gasteiger partial charge is 0.345 e. The topological polar surface area (TPSA) is 125 Å². The van der Waals surface area contributed by atoms with E-state index in [2.05, 4.69) is 19.7 Å². The maximum atomic E-state index is 12.9. The molecule has 186 valence electrons. The van der Waals surface area contributed by atoms with Crippen molar-refractivity contribution in [2.45, 2.75) is 51.0 Å². The second kappa shape index (κ2) is 9.29. The molecule has 5 rings (SSSR count). The molecule has 0 radical (unpaired) electrons. The van der Waals surface area contributed by atoms with Crippen LogP contribution in [0.1, 0.15) is 36.8 Å². The van der Waals surface area contributed by atoms with E-state index in [1.165, 1.54) is 6.33 Å². The molecule has 3 aromatic rings. The number of benzene rings is 1. The van der Waals surface area contributed by atoms with E-state index in [-0.39, 0.29) is 24.8 Å². The van der Waals surface area contributed by atoms with Crippen molar-refractivity contribution >= 4 is 40.1 Å². The lowest BCUT2D eigenvalue weighted by Crippen LogP contribution is -2.50. The number of alkyl halides is 2. The molecular weight excluding hydrogens is 480 g/mol. The van der Waals surface area contributed by atoms with E-state index in [9.17, 15) is 13.6 Å². The highest BCUT2D eigenvalue weighted by molar-refractivity contribution is 6.31. The summed E-state index contributed by atoms with van der Waals surface area (Å²) in [5, 5.41) is 0.297. The van der Waals surface area contributed by atoms with E-state index >= 15 is 0 Å². The minimum Gasteiger partial charge on any atom is -0.382 e. The third kappa shape index (κ3) is 4.80. The number of ketones is 1. The predicted octanol–water partition coefficient (Wildman–Crippen LogP) is 3.13. The van der Waals surface area contributed by atoms with E-state index in [1.807, 2.05) is 11.0 Å². The zero-order valence-corrected chi connectivity index (χ0v) is 19.7. The minimum absolute atomic E-state index is 0.0760. The van der Waals surface area contributed by atoms with Gasteiger partial charge in [0.15, 0.2) is 17.2 Å². The number of nitrogen functional groups attached to an aromatic ring is 1. The summed E-state index contributed by atoms with van der Waals surface area (Å²) >= 11 is 6.45. The Labute approximate surface area is 205 Å². The van der Waals surface area contributed by atoms with Crippen molar-refractivity contribution in [3.05, 3.63) is 40.9 Å². The number of hydrogen-bond donors (Lipinski definition) is 2. The molecule has 1 atom stereocenters. The molecule has 0 unspecified atom stereocenters. The summed E-state index contributed by atoms with van der Waals surface area (Å²) in [5.74, 6) is 0.764. The zero-order valence-electron chi connectivity index (χ0n) is 19.0. The van der Waals surface area contributed by atoms with Crippen LogP contribution in [0.15, 0.2) is 24.8 Å². The molecule has 0 amide bonds. The van der Waals surface area contributed by atoms with E-state index in [0.717, 1.165) is 18.5 Å². The second-order valence-corrected chi connectivity index (χ2v) is 9.70. The molecule has 2 aromatic heterocycles. The maximum absolute atomic E-state index is 12.9. The number of hydrogen-bond acceptors (Lipinski definition) is 8. The molecule has 2 aliphatic rings. The van der Waals surface area contributed by atoms with Crippen molar-refractivity contribution in [1.29, 1.82) is 0 Å². The highest BCUT2D eigenvalue weighted by Crippen LogP contribution is 2.38. The number of carbonyl (C=O) groups is 1. The number of rotatable bonds is 9. The fourth-order valence-corrected chi connectivity index (χ4v) is 4.90. The molecule has 9 nitrogen and oxygen atoms in total. The molecule has 35 heavy (non-hydrogen) atoms. The average Bonchev–Trinajstić information content (AvgIpc) is 3.39. The lowest BCUT2D eigenvalue weighted by molar-refractivity contribution is -0.137. The molecule has 1 aromatic carbocycles. The van der Waals surface area contributed by atoms with Crippen molar-refractivity contribution < 1.29 is 18.3 Å². The number of ether oxygens (including phenoxy) is 1. The number of Topliss-reactive ketones (excluding diaryl/α,β-unsaturated/α-hetero) is 1. The average molecular weight is 506 g/mol. The molecule has 1 aliphatic carbocycles. The van der Waals surface area contributed by atoms with Crippen molar-refractivity contribution in [2.24, 2.45) is 11.7 Å². The third-order valence-electron chi connectivity index (χ3n) is 6.83. The standard InChI is InChI=1S/C23H26ClF2N7O2/c24-16-3-4-17(32-6-5-23(28,10-32)18(34)7-13-1-2-13)14(15(16)9-35-22(25)26)8-33-12-31-19-20(27)29-11-30-21(19)33/h3-4,11-13,22H,1-2,5-10,28H2,(H2,27,29,30)/t23-/m1/s1. The van der Waals surface area contributed by atoms with E-state index in [1.54, 1.807) is 17.0 Å². The van der Waals surface area contributed by atoms with Gasteiger partial charge in [-0.05, 0) is 37.3 Å². The van der Waals surface area contributed by atoms with Gasteiger partial charge in [-0.25, -0.2) is 15.0 Å². The largest absolute Gasteiger partial charge is 0.382 e. The number of imidazole rings is 1. The first kappa shape index (κ1) is 23.8. The van der Waals surface area contributed by atoms with Crippen LogP contribution in [-0.4, -0.2) is 50.5 Å². The van der Waals surface area contributed by atoms with Crippen LogP contribution < -0.4 is 16.4 Å². The number of fused-ring (bicyclic) bond motifs is 1. The Morgan fingerprint density at radius 3 is 2.80 bits per heavy atom. The molecular formula is C23H26ClF2N7O2. The number of nitrogens with zero attached hydrogens (tertiary/aromatic N) is 5. The van der Waals surface area contributed by atoms with E-state index < -0.39 is 12.2 Å². The molecule has 2 fully saturated rings. The third-order valence-corrected chi connectivity index (χ3v) is 7.18. The Morgan fingerprint density at radius 1 is 1.26 bits per heavy atom. The van der Waals surface area contributed by atoms with Gasteiger partial charge >= 0.3 is 6.61 Å². The fourth-order valence-electron chi connectivity index (χ4n) is 4.67. The summed E-state index contributed by atoms with van der Waals surface area (Å²) in [6.45, 7) is -2.23. The predicted molar refractivity (Wildman–Crippen MR) is 127 cm³/mol. The highest BCUT2D eigenvalue weighted by atomic mass is 35.5. The van der Waals surface area contributed by atoms with Gasteiger partial charge in [0.2, 0.25) is 0 Å². The van der Waals surface area contributed by atoms with Crippen LogP contribution in [0.3, 0.4) is 0 Å². The van der Waals surface area contributed by atoms with Crippen molar-refractivity contribution in [3.63, 3.8) is 0 Å². The van der Waals surface area contributed by atoms with Gasteiger partial charge in [-0.2, -0.15) is 8.78 Å². The summed E-state index contributed by atoms with van der Waals surface area (Å²) in [7, 11) is 0. The zero-order chi connectivity index (χ0) is 24.7. The summed E-state index contributed by atoms with van der Waals surface area (Å²) in [6.07, 6.45) is 6.08. The number of anilines is 2. The normalized spacial score (nSPS) is 20.3. The summed E-state index contributed by atoms with van der Waals surface area (Å²) < 4.78 is 32.3. The molecule has 1 saturated carbocycles. The second-order valence-electron chi connectivity index (χ2n) is 9.30. The first-order chi connectivity index (χ1) is 16.7. The van der Waals surface area contributed by atoms with Gasteiger partial charge in [0.25, 0.3) is 0 Å². The summed E-state index contributed by atoms with van der Waals surface area (Å²) in [4.78, 5) is 27.5. The van der Waals surface area contributed by atoms with Crippen LogP contribution in [0.5, 0.6) is 0 Å². The SMILES string of the molecule is Nc1ncnc2c1ncn2Cc1c(N2CC[C@](N)(C(=O)CC3CC3)C2)ccc(Cl)c1COC(F)F. The van der Waals surface area contributed by atoms with Gasteiger partial charge in [-0.1, -0.05) is 11.6 Å². The van der Waals surface area contributed by atoms with Crippen LogP contribution in [0.25, 0.3) is 11.2 Å². The Hall–Kier alpha value is -2.89. The van der Waals surface area contributed by atoms with Gasteiger partial charge in [0.05, 0.1) is 25.0 Å². The molecule has 12 heteroatoms. The highest BCUT2D eigenvalue weighted by Gasteiger charge is 2.43. The van der Waals surface area contributed by atoms with E-state index in [4.69, 9.17) is 23.1 Å². The number of halogens is 3.